The number of piperazine rings is 1. The highest BCUT2D eigenvalue weighted by Gasteiger charge is 2.34. The lowest BCUT2D eigenvalue weighted by Gasteiger charge is -2.38. The van der Waals surface area contributed by atoms with E-state index in [9.17, 15) is 5.11 Å². The van der Waals surface area contributed by atoms with Crippen LogP contribution in [-0.4, -0.2) is 47.7 Å². The van der Waals surface area contributed by atoms with Gasteiger partial charge in [-0.1, -0.05) is 36.4 Å². The first kappa shape index (κ1) is 18.5. The summed E-state index contributed by atoms with van der Waals surface area (Å²) >= 11 is 0. The first-order chi connectivity index (χ1) is 13.2. The summed E-state index contributed by atoms with van der Waals surface area (Å²) in [4.78, 5) is 9.45. The fraction of sp³-hybridized carbons (Fsp3) is 0.522. The third-order valence-electron chi connectivity index (χ3n) is 6.44. The minimum Gasteiger partial charge on any atom is -0.385 e. The van der Waals surface area contributed by atoms with Crippen LogP contribution < -0.4 is 4.90 Å². The lowest BCUT2D eigenvalue weighted by Crippen LogP contribution is -2.47. The molecule has 4 rings (SSSR count). The minimum absolute atomic E-state index is 0.605. The molecule has 0 bridgehead atoms. The van der Waals surface area contributed by atoms with Gasteiger partial charge < -0.3 is 10.0 Å². The average Bonchev–Trinajstić information content (AvgIpc) is 2.75. The van der Waals surface area contributed by atoms with Gasteiger partial charge in [0.15, 0.2) is 0 Å². The van der Waals surface area contributed by atoms with Gasteiger partial charge in [0.05, 0.1) is 5.60 Å². The summed E-state index contributed by atoms with van der Waals surface area (Å²) in [5.74, 6) is 1.85. The Morgan fingerprint density at radius 3 is 2.30 bits per heavy atom. The zero-order chi connectivity index (χ0) is 18.5. The molecule has 0 spiro atoms. The normalized spacial score (nSPS) is 26.9. The Labute approximate surface area is 162 Å². The molecule has 2 aromatic rings. The third-order valence-corrected chi connectivity index (χ3v) is 6.44. The van der Waals surface area contributed by atoms with E-state index in [0.717, 1.165) is 69.2 Å². The number of rotatable bonds is 5. The Balaban J connectivity index is 1.20. The lowest BCUT2D eigenvalue weighted by atomic mass is 9.74. The van der Waals surface area contributed by atoms with E-state index >= 15 is 0 Å². The van der Waals surface area contributed by atoms with Crippen molar-refractivity contribution in [1.29, 1.82) is 0 Å². The van der Waals surface area contributed by atoms with Crippen molar-refractivity contribution in [2.75, 3.05) is 37.6 Å². The van der Waals surface area contributed by atoms with Crippen molar-refractivity contribution in [2.24, 2.45) is 5.92 Å². The van der Waals surface area contributed by atoms with Gasteiger partial charge in [0.25, 0.3) is 0 Å². The average molecular weight is 366 g/mol. The zero-order valence-corrected chi connectivity index (χ0v) is 16.1. The summed E-state index contributed by atoms with van der Waals surface area (Å²) < 4.78 is 0. The highest BCUT2D eigenvalue weighted by molar-refractivity contribution is 5.38. The van der Waals surface area contributed by atoms with Gasteiger partial charge in [0.2, 0.25) is 0 Å². The molecule has 1 N–H and O–H groups in total. The molecule has 1 saturated carbocycles. The van der Waals surface area contributed by atoms with Gasteiger partial charge in [-0.15, -0.1) is 0 Å². The van der Waals surface area contributed by atoms with E-state index in [-0.39, 0.29) is 0 Å². The second-order valence-electron chi connectivity index (χ2n) is 8.15. The van der Waals surface area contributed by atoms with Crippen molar-refractivity contribution in [3.8, 4) is 0 Å². The molecule has 1 aromatic carbocycles. The summed E-state index contributed by atoms with van der Waals surface area (Å²) in [5, 5.41) is 11.0. The number of hydrogen-bond acceptors (Lipinski definition) is 4. The topological polar surface area (TPSA) is 39.6 Å². The first-order valence-electron chi connectivity index (χ1n) is 10.4. The van der Waals surface area contributed by atoms with E-state index in [0.29, 0.717) is 0 Å². The Morgan fingerprint density at radius 2 is 1.63 bits per heavy atom. The molecule has 1 aliphatic heterocycles. The summed E-state index contributed by atoms with van der Waals surface area (Å²) in [6, 6.07) is 16.4. The smallest absolute Gasteiger partial charge is 0.128 e. The van der Waals surface area contributed by atoms with E-state index in [1.165, 1.54) is 13.0 Å². The Hall–Kier alpha value is -1.91. The van der Waals surface area contributed by atoms with Crippen LogP contribution in [0.2, 0.25) is 0 Å². The van der Waals surface area contributed by atoms with Gasteiger partial charge in [-0.25, -0.2) is 4.98 Å². The van der Waals surface area contributed by atoms with Crippen LogP contribution in [0.25, 0.3) is 0 Å². The van der Waals surface area contributed by atoms with Crippen LogP contribution in [0.5, 0.6) is 0 Å². The Morgan fingerprint density at radius 1 is 0.926 bits per heavy atom. The molecular formula is C23H31N3O. The maximum absolute atomic E-state index is 11.0. The number of benzene rings is 1. The van der Waals surface area contributed by atoms with Crippen LogP contribution in [0.1, 0.15) is 37.7 Å². The second kappa shape index (κ2) is 8.41. The van der Waals surface area contributed by atoms with Crippen LogP contribution in [0.4, 0.5) is 5.82 Å². The van der Waals surface area contributed by atoms with Crippen LogP contribution in [-0.2, 0) is 5.60 Å². The molecule has 144 valence electrons. The molecule has 1 saturated heterocycles. The zero-order valence-electron chi connectivity index (χ0n) is 16.1. The summed E-state index contributed by atoms with van der Waals surface area (Å²) in [5.41, 5.74) is 0.487. The van der Waals surface area contributed by atoms with Gasteiger partial charge in [0.1, 0.15) is 5.82 Å². The predicted molar refractivity (Wildman–Crippen MR) is 110 cm³/mol. The van der Waals surface area contributed by atoms with Crippen LogP contribution in [0, 0.1) is 5.92 Å². The minimum atomic E-state index is -0.605. The van der Waals surface area contributed by atoms with Crippen molar-refractivity contribution in [3.63, 3.8) is 0 Å². The molecule has 0 radical (unpaired) electrons. The quantitative estimate of drug-likeness (QED) is 0.878. The SMILES string of the molecule is OC1(c2ccccc2)CCC(CCN2CCN(c3ccccn3)CC2)CC1. The fourth-order valence-corrected chi connectivity index (χ4v) is 4.59. The largest absolute Gasteiger partial charge is 0.385 e. The summed E-state index contributed by atoms with van der Waals surface area (Å²) in [6.45, 7) is 5.56. The number of aliphatic hydroxyl groups is 1. The van der Waals surface area contributed by atoms with Gasteiger partial charge in [-0.2, -0.15) is 0 Å². The molecule has 1 aromatic heterocycles. The number of hydrogen-bond donors (Lipinski definition) is 1. The highest BCUT2D eigenvalue weighted by Crippen LogP contribution is 2.40. The standard InChI is InChI=1S/C23H31N3O/c27-23(21-6-2-1-3-7-21)12-9-20(10-13-23)11-15-25-16-18-26(19-17-25)22-8-4-5-14-24-22/h1-8,14,20,27H,9-13,15-19H2. The fourth-order valence-electron chi connectivity index (χ4n) is 4.59. The maximum atomic E-state index is 11.0. The second-order valence-corrected chi connectivity index (χ2v) is 8.15. The van der Waals surface area contributed by atoms with Crippen molar-refractivity contribution in [3.05, 3.63) is 60.3 Å². The molecule has 2 aliphatic rings. The Bertz CT molecular complexity index is 690. The molecule has 4 heteroatoms. The van der Waals surface area contributed by atoms with E-state index in [1.54, 1.807) is 0 Å². The number of aromatic nitrogens is 1. The lowest BCUT2D eigenvalue weighted by molar-refractivity contribution is -0.0162. The number of pyridine rings is 1. The van der Waals surface area contributed by atoms with Gasteiger partial charge in [0, 0.05) is 32.4 Å². The Kier molecular flexibility index (Phi) is 5.74. The van der Waals surface area contributed by atoms with Gasteiger partial charge in [-0.3, -0.25) is 4.90 Å². The van der Waals surface area contributed by atoms with E-state index < -0.39 is 5.60 Å². The summed E-state index contributed by atoms with van der Waals surface area (Å²) in [7, 11) is 0. The van der Waals surface area contributed by atoms with Gasteiger partial charge >= 0.3 is 0 Å². The molecule has 0 unspecified atom stereocenters. The molecule has 0 amide bonds. The molecule has 27 heavy (non-hydrogen) atoms. The van der Waals surface area contributed by atoms with Crippen LogP contribution >= 0.6 is 0 Å². The van der Waals surface area contributed by atoms with Crippen molar-refractivity contribution < 1.29 is 5.11 Å². The highest BCUT2D eigenvalue weighted by atomic mass is 16.3. The molecule has 2 fully saturated rings. The van der Waals surface area contributed by atoms with Crippen molar-refractivity contribution in [2.45, 2.75) is 37.7 Å². The number of nitrogens with zero attached hydrogens (tertiary/aromatic N) is 3. The number of anilines is 1. The molecule has 2 heterocycles. The monoisotopic (exact) mass is 365 g/mol. The maximum Gasteiger partial charge on any atom is 0.128 e. The molecule has 1 aliphatic carbocycles. The van der Waals surface area contributed by atoms with E-state index in [1.807, 2.05) is 30.5 Å². The third kappa shape index (κ3) is 4.50. The molecular weight excluding hydrogens is 334 g/mol. The van der Waals surface area contributed by atoms with Crippen molar-refractivity contribution >= 4 is 5.82 Å². The van der Waals surface area contributed by atoms with E-state index in [4.69, 9.17) is 0 Å². The molecule has 4 nitrogen and oxygen atoms in total. The van der Waals surface area contributed by atoms with Crippen molar-refractivity contribution in [1.82, 2.24) is 9.88 Å². The summed E-state index contributed by atoms with van der Waals surface area (Å²) in [6.07, 6.45) is 7.21. The van der Waals surface area contributed by atoms with Crippen LogP contribution in [0.15, 0.2) is 54.7 Å². The predicted octanol–water partition coefficient (Wildman–Crippen LogP) is 3.67. The first-order valence-corrected chi connectivity index (χ1v) is 10.4. The van der Waals surface area contributed by atoms with E-state index in [2.05, 4.69) is 39.0 Å². The molecule has 0 atom stereocenters. The van der Waals surface area contributed by atoms with Crippen LogP contribution in [0.3, 0.4) is 0 Å². The van der Waals surface area contributed by atoms with Gasteiger partial charge in [-0.05, 0) is 62.3 Å².